The van der Waals surface area contributed by atoms with Crippen LogP contribution in [0.1, 0.15) is 81.8 Å². The van der Waals surface area contributed by atoms with Crippen molar-refractivity contribution in [2.24, 2.45) is 0 Å². The molecule has 1 aliphatic heterocycles. The van der Waals surface area contributed by atoms with E-state index in [2.05, 4.69) is 44.0 Å². The molecule has 0 unspecified atom stereocenters. The van der Waals surface area contributed by atoms with Crippen LogP contribution in [0.4, 0.5) is 18.0 Å². The number of aromatic nitrogens is 2. The van der Waals surface area contributed by atoms with E-state index in [1.165, 1.54) is 19.1 Å². The van der Waals surface area contributed by atoms with Gasteiger partial charge in [-0.1, -0.05) is 80.5 Å². The lowest BCUT2D eigenvalue weighted by atomic mass is 9.88. The number of benzene rings is 2. The average Bonchev–Trinajstić information content (AvgIpc) is 3.66. The number of carbonyl (C=O) groups is 2. The Kier molecular flexibility index (Phi) is 10.6. The predicted molar refractivity (Wildman–Crippen MR) is 188 cm³/mol. The lowest BCUT2D eigenvalue weighted by Crippen LogP contribution is -2.54. The molecule has 0 spiro atoms. The number of nitrogens with zero attached hydrogens (tertiary/aromatic N) is 3. The molecule has 1 N–H and O–H groups in total. The number of cyclic esters (lactones) is 1. The number of hydrogen-bond donors (Lipinski definition) is 1. The summed E-state index contributed by atoms with van der Waals surface area (Å²) in [5, 5.41) is 15.9. The molecule has 52 heavy (non-hydrogen) atoms. The molecule has 0 saturated carbocycles. The van der Waals surface area contributed by atoms with Crippen molar-refractivity contribution in [1.29, 1.82) is 0 Å². The quantitative estimate of drug-likeness (QED) is 0.150. The number of rotatable bonds is 11. The van der Waals surface area contributed by atoms with E-state index in [0.717, 1.165) is 17.2 Å². The van der Waals surface area contributed by atoms with Gasteiger partial charge in [0.15, 0.2) is 19.7 Å². The highest BCUT2D eigenvalue weighted by atomic mass is 28.4. The summed E-state index contributed by atoms with van der Waals surface area (Å²) < 4.78 is 62.8. The van der Waals surface area contributed by atoms with Gasteiger partial charge >= 0.3 is 12.3 Å². The van der Waals surface area contributed by atoms with Crippen LogP contribution in [0, 0.1) is 0 Å². The predicted octanol–water partition coefficient (Wildman–Crippen LogP) is 8.78. The zero-order chi connectivity index (χ0) is 38.3. The molecule has 2 aromatic carbocycles. The van der Waals surface area contributed by atoms with Gasteiger partial charge < -0.3 is 23.5 Å². The molecular weight excluding hydrogens is 696 g/mol. The van der Waals surface area contributed by atoms with Gasteiger partial charge in [0.25, 0.3) is 5.91 Å². The normalized spacial score (nSPS) is 18.2. The van der Waals surface area contributed by atoms with E-state index < -0.39 is 55.4 Å². The molecule has 5 rings (SSSR count). The van der Waals surface area contributed by atoms with Crippen LogP contribution in [-0.2, 0) is 38.1 Å². The maximum atomic E-state index is 14.7. The van der Waals surface area contributed by atoms with Gasteiger partial charge in [-0.05, 0) is 62.2 Å². The first kappa shape index (κ1) is 38.8. The summed E-state index contributed by atoms with van der Waals surface area (Å²) in [6, 6.07) is 18.5. The van der Waals surface area contributed by atoms with Gasteiger partial charge in [-0.3, -0.25) is 9.78 Å². The van der Waals surface area contributed by atoms with Crippen LogP contribution in [0.15, 0.2) is 83.5 Å². The Morgan fingerprint density at radius 3 is 2.23 bits per heavy atom. The summed E-state index contributed by atoms with van der Waals surface area (Å²) in [4.78, 5) is 33.0. The zero-order valence-electron chi connectivity index (χ0n) is 30.4. The minimum absolute atomic E-state index is 0.00325. The molecule has 10 nitrogen and oxygen atoms in total. The summed E-state index contributed by atoms with van der Waals surface area (Å²) in [7, 11) is -2.16. The number of hydrogen-bond acceptors (Lipinski definition) is 9. The zero-order valence-corrected chi connectivity index (χ0v) is 31.4. The Morgan fingerprint density at radius 1 is 1.00 bits per heavy atom. The minimum Gasteiger partial charge on any atom is -0.440 e. The van der Waals surface area contributed by atoms with Gasteiger partial charge in [-0.25, -0.2) is 9.69 Å². The number of halogens is 3. The Labute approximate surface area is 302 Å². The summed E-state index contributed by atoms with van der Waals surface area (Å²) >= 11 is 0. The molecule has 0 bridgehead atoms. The number of aliphatic hydroxyl groups is 1. The molecule has 278 valence electrons. The average molecular weight is 740 g/mol. The van der Waals surface area contributed by atoms with Gasteiger partial charge in [-0.2, -0.15) is 13.2 Å². The Hall–Kier alpha value is -4.37. The third-order valence-electron chi connectivity index (χ3n) is 9.86. The highest BCUT2D eigenvalue weighted by molar-refractivity contribution is 6.74. The Morgan fingerprint density at radius 2 is 1.65 bits per heavy atom. The molecule has 0 radical (unpaired) electrons. The molecule has 3 heterocycles. The number of ether oxygens (including phenoxy) is 2. The van der Waals surface area contributed by atoms with Crippen LogP contribution < -0.4 is 0 Å². The third kappa shape index (κ3) is 7.99. The monoisotopic (exact) mass is 739 g/mol. The molecule has 0 aliphatic carbocycles. The SMILES string of the molecule is CC1(C)OC(=O)N(C(=O)[C@@](C)(OCc2ccc(-c3ccc(C(F)(F)F)cn3)cc2)[C@@H](O)c2cc(CO[Si](C)(C)C(C)(C)C)on2)[C@H]1c1ccccc1. The first-order valence-electron chi connectivity index (χ1n) is 16.8. The van der Waals surface area contributed by atoms with Gasteiger partial charge in [0.2, 0.25) is 0 Å². The number of imide groups is 1. The number of carbonyl (C=O) groups excluding carboxylic acids is 2. The molecular formula is C38H44F3N3O7Si. The summed E-state index contributed by atoms with van der Waals surface area (Å²) in [6.07, 6.45) is -6.35. The van der Waals surface area contributed by atoms with E-state index in [0.29, 0.717) is 28.1 Å². The van der Waals surface area contributed by atoms with Crippen molar-refractivity contribution >= 4 is 20.3 Å². The van der Waals surface area contributed by atoms with Crippen LogP contribution in [0.2, 0.25) is 18.1 Å². The van der Waals surface area contributed by atoms with E-state index in [1.807, 2.05) is 6.07 Å². The second-order valence-electron chi connectivity index (χ2n) is 15.2. The summed E-state index contributed by atoms with van der Waals surface area (Å²) in [5.41, 5.74) is -1.99. The van der Waals surface area contributed by atoms with E-state index in [1.54, 1.807) is 62.4 Å². The maximum absolute atomic E-state index is 14.7. The van der Waals surface area contributed by atoms with E-state index in [4.69, 9.17) is 18.4 Å². The van der Waals surface area contributed by atoms with Gasteiger partial charge in [-0.15, -0.1) is 0 Å². The standard InChI is InChI=1S/C38H44F3N3O7Si/c1-35(2,3)52(7,8)49-23-28-20-30(43-51-28)32(45)37(6,33(46)44-31(26-12-10-9-11-13-26)36(4,5)50-34(44)47)48-22-24-14-16-25(17-15-24)29-19-18-27(21-42-29)38(39,40)41/h9-21,31-32,45H,22-23H2,1-8H3/t31-,32-,37-/m0/s1. The van der Waals surface area contributed by atoms with Crippen molar-refractivity contribution in [3.05, 3.63) is 107 Å². The van der Waals surface area contributed by atoms with Crippen LogP contribution >= 0.6 is 0 Å². The smallest absolute Gasteiger partial charge is 0.417 e. The summed E-state index contributed by atoms with van der Waals surface area (Å²) in [6.45, 7) is 15.2. The van der Waals surface area contributed by atoms with Crippen molar-refractivity contribution in [2.45, 2.75) is 102 Å². The number of alkyl halides is 3. The molecule has 1 aliphatic rings. The van der Waals surface area contributed by atoms with Crippen LogP contribution in [0.3, 0.4) is 0 Å². The fourth-order valence-electron chi connectivity index (χ4n) is 5.64. The molecule has 2 amide bonds. The second kappa shape index (κ2) is 14.2. The van der Waals surface area contributed by atoms with Crippen molar-refractivity contribution in [2.75, 3.05) is 0 Å². The topological polar surface area (TPSA) is 124 Å². The number of aliphatic hydroxyl groups excluding tert-OH is 1. The molecule has 3 atom stereocenters. The second-order valence-corrected chi connectivity index (χ2v) is 20.0. The van der Waals surface area contributed by atoms with Crippen molar-refractivity contribution in [3.63, 3.8) is 0 Å². The maximum Gasteiger partial charge on any atom is 0.417 e. The Bertz CT molecular complexity index is 1870. The Balaban J connectivity index is 1.45. The van der Waals surface area contributed by atoms with Crippen molar-refractivity contribution in [1.82, 2.24) is 15.0 Å². The van der Waals surface area contributed by atoms with Crippen molar-refractivity contribution < 1.29 is 46.3 Å². The van der Waals surface area contributed by atoms with Crippen LogP contribution in [0.25, 0.3) is 11.3 Å². The highest BCUT2D eigenvalue weighted by Gasteiger charge is 2.57. The van der Waals surface area contributed by atoms with E-state index in [-0.39, 0.29) is 23.9 Å². The van der Waals surface area contributed by atoms with Gasteiger partial charge in [0.05, 0.1) is 24.5 Å². The molecule has 1 saturated heterocycles. The lowest BCUT2D eigenvalue weighted by molar-refractivity contribution is -0.175. The first-order valence-corrected chi connectivity index (χ1v) is 19.7. The highest BCUT2D eigenvalue weighted by Crippen LogP contribution is 2.45. The largest absolute Gasteiger partial charge is 0.440 e. The fourth-order valence-corrected chi connectivity index (χ4v) is 6.58. The molecule has 14 heteroatoms. The van der Waals surface area contributed by atoms with Crippen molar-refractivity contribution in [3.8, 4) is 11.3 Å². The minimum atomic E-state index is -4.50. The van der Waals surface area contributed by atoms with Gasteiger partial charge in [0, 0.05) is 17.8 Å². The third-order valence-corrected chi connectivity index (χ3v) is 14.3. The van der Waals surface area contributed by atoms with E-state index in [9.17, 15) is 27.9 Å². The molecule has 2 aromatic heterocycles. The number of amides is 2. The number of pyridine rings is 1. The van der Waals surface area contributed by atoms with Crippen LogP contribution in [-0.4, -0.2) is 51.7 Å². The van der Waals surface area contributed by atoms with E-state index >= 15 is 0 Å². The van der Waals surface area contributed by atoms with Gasteiger partial charge in [0.1, 0.15) is 23.4 Å². The first-order chi connectivity index (χ1) is 24.1. The fraction of sp³-hybridized carbons (Fsp3) is 0.421. The lowest BCUT2D eigenvalue weighted by Gasteiger charge is -2.37. The van der Waals surface area contributed by atoms with Crippen LogP contribution in [0.5, 0.6) is 0 Å². The summed E-state index contributed by atoms with van der Waals surface area (Å²) in [5.74, 6) is -0.526. The molecule has 4 aromatic rings. The molecule has 1 fully saturated rings.